The number of hydrazine groups is 1. The van der Waals surface area contributed by atoms with Gasteiger partial charge >= 0.3 is 0 Å². The van der Waals surface area contributed by atoms with E-state index in [4.69, 9.17) is 23.2 Å². The van der Waals surface area contributed by atoms with Gasteiger partial charge in [0.05, 0.1) is 0 Å². The number of amides is 2. The molecule has 23 heavy (non-hydrogen) atoms. The number of carbonyl (C=O) groups excluding carboxylic acids is 2. The maximum Gasteiger partial charge on any atom is 0.274 e. The molecule has 1 saturated carbocycles. The minimum atomic E-state index is -1.49. The van der Waals surface area contributed by atoms with Gasteiger partial charge in [0.2, 0.25) is 0 Å². The Morgan fingerprint density at radius 3 is 2.52 bits per heavy atom. The second kappa shape index (κ2) is 7.88. The predicted molar refractivity (Wildman–Crippen MR) is 87.4 cm³/mol. The number of halogens is 1. The van der Waals surface area contributed by atoms with Crippen LogP contribution in [0.4, 0.5) is 0 Å². The van der Waals surface area contributed by atoms with Crippen LogP contribution < -0.4 is 11.6 Å². The van der Waals surface area contributed by atoms with E-state index in [0.717, 1.165) is 32.1 Å². The van der Waals surface area contributed by atoms with Gasteiger partial charge in [-0.05, 0) is 37.0 Å². The highest BCUT2D eigenvalue weighted by atomic mass is 35.5. The number of nitrogens with two attached hydrogens (primary N) is 2. The van der Waals surface area contributed by atoms with E-state index in [2.05, 4.69) is 0 Å². The number of carbonyl (C=O) groups is 2. The Labute approximate surface area is 140 Å². The van der Waals surface area contributed by atoms with Crippen molar-refractivity contribution >= 4 is 23.4 Å². The highest BCUT2D eigenvalue weighted by Crippen LogP contribution is 2.27. The van der Waals surface area contributed by atoms with Crippen LogP contribution in [0, 0.1) is 5.92 Å². The Balaban J connectivity index is 2.04. The van der Waals surface area contributed by atoms with Crippen molar-refractivity contribution in [3.05, 3.63) is 34.9 Å². The van der Waals surface area contributed by atoms with Gasteiger partial charge in [-0.15, -0.1) is 0 Å². The summed E-state index contributed by atoms with van der Waals surface area (Å²) in [7, 11) is 0. The largest absolute Gasteiger partial charge is 0.382 e. The van der Waals surface area contributed by atoms with Crippen molar-refractivity contribution in [1.82, 2.24) is 5.01 Å². The molecule has 1 aliphatic carbocycles. The summed E-state index contributed by atoms with van der Waals surface area (Å²) < 4.78 is 0. The molecule has 0 spiro atoms. The first kappa shape index (κ1) is 17.9. The molecule has 0 aromatic heterocycles. The van der Waals surface area contributed by atoms with Crippen molar-refractivity contribution in [2.24, 2.45) is 17.5 Å². The number of aliphatic hydroxyl groups excluding tert-OH is 1. The van der Waals surface area contributed by atoms with Crippen molar-refractivity contribution in [1.29, 1.82) is 0 Å². The SMILES string of the molecule is N[C@H](C1CCCCC1)C(O)C(=O)N(N)C(=O)c1cccc(Cl)c1. The standard InChI is InChI=1S/C16H22ClN3O3/c17-12-8-4-7-11(9-12)15(22)20(19)16(23)14(21)13(18)10-5-2-1-3-6-10/h4,7-10,13-14,21H,1-3,5-6,18-19H2/t13-,14?/m1/s1. The molecule has 2 amide bonds. The lowest BCUT2D eigenvalue weighted by molar-refractivity contribution is -0.139. The molecule has 5 N–H and O–H groups in total. The lowest BCUT2D eigenvalue weighted by Crippen LogP contribution is -2.55. The minimum absolute atomic E-state index is 0.0670. The zero-order valence-corrected chi connectivity index (χ0v) is 13.6. The molecule has 1 aliphatic rings. The fraction of sp³-hybridized carbons (Fsp3) is 0.500. The number of imide groups is 1. The Hall–Kier alpha value is -1.47. The Morgan fingerprint density at radius 1 is 1.26 bits per heavy atom. The van der Waals surface area contributed by atoms with Gasteiger partial charge in [-0.25, -0.2) is 10.9 Å². The molecule has 2 rings (SSSR count). The second-order valence-corrected chi connectivity index (χ2v) is 6.38. The van der Waals surface area contributed by atoms with Crippen molar-refractivity contribution in [2.45, 2.75) is 44.2 Å². The molecule has 0 bridgehead atoms. The van der Waals surface area contributed by atoms with Gasteiger partial charge in [-0.2, -0.15) is 0 Å². The molecule has 126 valence electrons. The number of benzene rings is 1. The van der Waals surface area contributed by atoms with Crippen LogP contribution in [0.3, 0.4) is 0 Å². The molecule has 0 radical (unpaired) electrons. The molecule has 1 fully saturated rings. The first-order valence-corrected chi connectivity index (χ1v) is 8.12. The maximum atomic E-state index is 12.2. The molecule has 0 aliphatic heterocycles. The van der Waals surface area contributed by atoms with E-state index in [-0.39, 0.29) is 11.5 Å². The fourth-order valence-corrected chi connectivity index (χ4v) is 3.13. The smallest absolute Gasteiger partial charge is 0.274 e. The summed E-state index contributed by atoms with van der Waals surface area (Å²) in [6, 6.07) is 5.37. The Kier molecular flexibility index (Phi) is 6.12. The van der Waals surface area contributed by atoms with Gasteiger partial charge in [-0.1, -0.05) is 36.9 Å². The third-order valence-corrected chi connectivity index (χ3v) is 4.57. The molecule has 0 saturated heterocycles. The van der Waals surface area contributed by atoms with Crippen LogP contribution in [0.2, 0.25) is 5.02 Å². The van der Waals surface area contributed by atoms with Crippen LogP contribution in [0.15, 0.2) is 24.3 Å². The summed E-state index contributed by atoms with van der Waals surface area (Å²) in [5.41, 5.74) is 6.18. The van der Waals surface area contributed by atoms with Crippen molar-refractivity contribution in [2.75, 3.05) is 0 Å². The molecule has 1 aromatic rings. The van der Waals surface area contributed by atoms with Gasteiger partial charge in [-0.3, -0.25) is 9.59 Å². The molecule has 1 aromatic carbocycles. The first-order valence-electron chi connectivity index (χ1n) is 7.74. The third-order valence-electron chi connectivity index (χ3n) is 4.34. The summed E-state index contributed by atoms with van der Waals surface area (Å²) >= 11 is 5.82. The van der Waals surface area contributed by atoms with E-state index in [9.17, 15) is 14.7 Å². The normalized spacial score (nSPS) is 18.3. The molecular formula is C16H22ClN3O3. The zero-order valence-electron chi connectivity index (χ0n) is 12.8. The first-order chi connectivity index (χ1) is 10.9. The molecule has 2 atom stereocenters. The minimum Gasteiger partial charge on any atom is -0.382 e. The van der Waals surface area contributed by atoms with E-state index in [1.165, 1.54) is 12.1 Å². The number of aliphatic hydroxyl groups is 1. The van der Waals surface area contributed by atoms with Gasteiger partial charge in [0.25, 0.3) is 11.8 Å². The predicted octanol–water partition coefficient (Wildman–Crippen LogP) is 1.45. The van der Waals surface area contributed by atoms with Crippen LogP contribution in [0.1, 0.15) is 42.5 Å². The lowest BCUT2D eigenvalue weighted by Gasteiger charge is -2.31. The quantitative estimate of drug-likeness (QED) is 0.437. The highest BCUT2D eigenvalue weighted by Gasteiger charge is 2.34. The number of hydrogen-bond donors (Lipinski definition) is 3. The summed E-state index contributed by atoms with van der Waals surface area (Å²) in [4.78, 5) is 24.5. The summed E-state index contributed by atoms with van der Waals surface area (Å²) in [6.45, 7) is 0. The highest BCUT2D eigenvalue weighted by molar-refractivity contribution is 6.31. The Bertz CT molecular complexity index is 575. The number of nitrogens with zero attached hydrogens (tertiary/aromatic N) is 1. The van der Waals surface area contributed by atoms with E-state index >= 15 is 0 Å². The monoisotopic (exact) mass is 339 g/mol. The van der Waals surface area contributed by atoms with Gasteiger partial charge in [0.1, 0.15) is 6.10 Å². The summed E-state index contributed by atoms with van der Waals surface area (Å²) in [5.74, 6) is 4.03. The van der Waals surface area contributed by atoms with Crippen LogP contribution >= 0.6 is 11.6 Å². The van der Waals surface area contributed by atoms with Crippen LogP contribution in [-0.2, 0) is 4.79 Å². The number of hydrogen-bond acceptors (Lipinski definition) is 5. The summed E-state index contributed by atoms with van der Waals surface area (Å²) in [5, 5.41) is 11.0. The van der Waals surface area contributed by atoms with Gasteiger partial charge < -0.3 is 10.8 Å². The summed E-state index contributed by atoms with van der Waals surface area (Å²) in [6.07, 6.45) is 3.46. The molecule has 7 heteroatoms. The topological polar surface area (TPSA) is 110 Å². The second-order valence-electron chi connectivity index (χ2n) is 5.94. The van der Waals surface area contributed by atoms with Gasteiger partial charge in [0.15, 0.2) is 0 Å². The van der Waals surface area contributed by atoms with Crippen molar-refractivity contribution < 1.29 is 14.7 Å². The van der Waals surface area contributed by atoms with E-state index < -0.39 is 24.0 Å². The average Bonchev–Trinajstić information content (AvgIpc) is 2.59. The fourth-order valence-electron chi connectivity index (χ4n) is 2.94. The van der Waals surface area contributed by atoms with Crippen molar-refractivity contribution in [3.8, 4) is 0 Å². The Morgan fingerprint density at radius 2 is 1.91 bits per heavy atom. The van der Waals surface area contributed by atoms with E-state index in [1.54, 1.807) is 12.1 Å². The molecule has 0 heterocycles. The molecule has 1 unspecified atom stereocenters. The third kappa shape index (κ3) is 4.29. The molecular weight excluding hydrogens is 318 g/mol. The number of rotatable bonds is 4. The average molecular weight is 340 g/mol. The van der Waals surface area contributed by atoms with E-state index in [0.29, 0.717) is 10.0 Å². The maximum absolute atomic E-state index is 12.2. The van der Waals surface area contributed by atoms with Gasteiger partial charge in [0, 0.05) is 16.6 Å². The zero-order chi connectivity index (χ0) is 17.0. The van der Waals surface area contributed by atoms with Crippen LogP contribution in [0.25, 0.3) is 0 Å². The van der Waals surface area contributed by atoms with Crippen LogP contribution in [0.5, 0.6) is 0 Å². The van der Waals surface area contributed by atoms with E-state index in [1.807, 2.05) is 0 Å². The lowest BCUT2D eigenvalue weighted by atomic mass is 9.82. The van der Waals surface area contributed by atoms with Crippen LogP contribution in [-0.4, -0.2) is 34.1 Å². The molecule has 6 nitrogen and oxygen atoms in total. The van der Waals surface area contributed by atoms with Crippen molar-refractivity contribution in [3.63, 3.8) is 0 Å².